The molecule has 0 atom stereocenters. The molecule has 2 amide bonds. The van der Waals surface area contributed by atoms with E-state index in [1.54, 1.807) is 26.4 Å². The van der Waals surface area contributed by atoms with Gasteiger partial charge in [-0.2, -0.15) is 0 Å². The molecule has 7 nitrogen and oxygen atoms in total. The topological polar surface area (TPSA) is 88.7 Å². The highest BCUT2D eigenvalue weighted by Crippen LogP contribution is 2.27. The normalized spacial score (nSPS) is 12.3. The molecule has 0 fully saturated rings. The SMILES string of the molecule is COc1ccc(CNCC(=O)Nc2ccc3c(c2)CC(=O)N3)cc1OC. The van der Waals surface area contributed by atoms with Crippen molar-refractivity contribution in [3.05, 3.63) is 47.5 Å². The Hall–Kier alpha value is -3.06. The van der Waals surface area contributed by atoms with E-state index < -0.39 is 0 Å². The molecule has 1 aliphatic heterocycles. The Kier molecular flexibility index (Phi) is 5.38. The molecule has 0 bridgehead atoms. The summed E-state index contributed by atoms with van der Waals surface area (Å²) < 4.78 is 10.5. The lowest BCUT2D eigenvalue weighted by Gasteiger charge is -2.11. The van der Waals surface area contributed by atoms with Crippen LogP contribution < -0.4 is 25.4 Å². The van der Waals surface area contributed by atoms with Gasteiger partial charge in [-0.05, 0) is 41.5 Å². The fraction of sp³-hybridized carbons (Fsp3) is 0.263. The maximum absolute atomic E-state index is 12.1. The third-order valence-corrected chi connectivity index (χ3v) is 4.08. The number of carbonyl (C=O) groups excluding carboxylic acids is 2. The van der Waals surface area contributed by atoms with Gasteiger partial charge in [-0.15, -0.1) is 0 Å². The van der Waals surface area contributed by atoms with Crippen molar-refractivity contribution >= 4 is 23.2 Å². The molecular weight excluding hydrogens is 334 g/mol. The van der Waals surface area contributed by atoms with E-state index in [4.69, 9.17) is 9.47 Å². The molecule has 26 heavy (non-hydrogen) atoms. The predicted octanol–water partition coefficient (Wildman–Crippen LogP) is 1.93. The Morgan fingerprint density at radius 3 is 2.69 bits per heavy atom. The van der Waals surface area contributed by atoms with Gasteiger partial charge in [0.05, 0.1) is 27.2 Å². The van der Waals surface area contributed by atoms with Crippen molar-refractivity contribution in [1.29, 1.82) is 0 Å². The lowest BCUT2D eigenvalue weighted by molar-refractivity contribution is -0.116. The summed E-state index contributed by atoms with van der Waals surface area (Å²) in [5.74, 6) is 1.14. The summed E-state index contributed by atoms with van der Waals surface area (Å²) in [7, 11) is 3.17. The minimum absolute atomic E-state index is 0.0277. The van der Waals surface area contributed by atoms with Gasteiger partial charge in [0.2, 0.25) is 11.8 Å². The minimum atomic E-state index is -0.150. The highest BCUT2D eigenvalue weighted by atomic mass is 16.5. The number of hydrogen-bond donors (Lipinski definition) is 3. The number of hydrogen-bond acceptors (Lipinski definition) is 5. The molecule has 0 saturated carbocycles. The van der Waals surface area contributed by atoms with Crippen molar-refractivity contribution in [1.82, 2.24) is 5.32 Å². The maximum atomic E-state index is 12.1. The molecule has 136 valence electrons. The van der Waals surface area contributed by atoms with Crippen LogP contribution in [-0.2, 0) is 22.6 Å². The van der Waals surface area contributed by atoms with Gasteiger partial charge >= 0.3 is 0 Å². The molecule has 1 heterocycles. The zero-order valence-corrected chi connectivity index (χ0v) is 14.7. The standard InChI is InChI=1S/C19H21N3O4/c1-25-16-6-3-12(7-17(16)26-2)10-20-11-19(24)21-14-4-5-15-13(8-14)9-18(23)22-15/h3-8,20H,9-11H2,1-2H3,(H,21,24)(H,22,23). The van der Waals surface area contributed by atoms with E-state index in [1.165, 1.54) is 0 Å². The van der Waals surface area contributed by atoms with Crippen LogP contribution in [0.4, 0.5) is 11.4 Å². The van der Waals surface area contributed by atoms with Crippen LogP contribution in [0, 0.1) is 0 Å². The van der Waals surface area contributed by atoms with Crippen LogP contribution in [0.25, 0.3) is 0 Å². The zero-order chi connectivity index (χ0) is 18.5. The van der Waals surface area contributed by atoms with Gasteiger partial charge in [0, 0.05) is 17.9 Å². The molecule has 7 heteroatoms. The molecule has 0 unspecified atom stereocenters. The van der Waals surface area contributed by atoms with E-state index in [1.807, 2.05) is 24.3 Å². The number of anilines is 2. The Balaban J connectivity index is 1.50. The summed E-state index contributed by atoms with van der Waals surface area (Å²) in [6, 6.07) is 11.0. The van der Waals surface area contributed by atoms with Crippen molar-refractivity contribution in [3.63, 3.8) is 0 Å². The van der Waals surface area contributed by atoms with Crippen LogP contribution in [0.5, 0.6) is 11.5 Å². The van der Waals surface area contributed by atoms with Gasteiger partial charge in [0.15, 0.2) is 11.5 Å². The van der Waals surface area contributed by atoms with Crippen molar-refractivity contribution < 1.29 is 19.1 Å². The maximum Gasteiger partial charge on any atom is 0.238 e. The van der Waals surface area contributed by atoms with Crippen molar-refractivity contribution in [3.8, 4) is 11.5 Å². The molecule has 1 aliphatic rings. The van der Waals surface area contributed by atoms with Crippen LogP contribution in [0.3, 0.4) is 0 Å². The highest BCUT2D eigenvalue weighted by Gasteiger charge is 2.17. The van der Waals surface area contributed by atoms with Crippen LogP contribution in [0.15, 0.2) is 36.4 Å². The molecule has 0 saturated heterocycles. The summed E-state index contributed by atoms with van der Waals surface area (Å²) >= 11 is 0. The van der Waals surface area contributed by atoms with Crippen LogP contribution >= 0.6 is 0 Å². The van der Waals surface area contributed by atoms with Crippen LogP contribution in [0.2, 0.25) is 0 Å². The van der Waals surface area contributed by atoms with Gasteiger partial charge in [-0.25, -0.2) is 0 Å². The van der Waals surface area contributed by atoms with Gasteiger partial charge < -0.3 is 25.4 Å². The number of rotatable bonds is 7. The molecule has 0 aromatic heterocycles. The van der Waals surface area contributed by atoms with E-state index in [-0.39, 0.29) is 18.4 Å². The van der Waals surface area contributed by atoms with Crippen molar-refractivity contribution in [2.24, 2.45) is 0 Å². The first-order valence-corrected chi connectivity index (χ1v) is 8.23. The van der Waals surface area contributed by atoms with Crippen LogP contribution in [-0.4, -0.2) is 32.6 Å². The fourth-order valence-corrected chi connectivity index (χ4v) is 2.82. The summed E-state index contributed by atoms with van der Waals surface area (Å²) in [6.45, 7) is 0.693. The fourth-order valence-electron chi connectivity index (χ4n) is 2.82. The Bertz CT molecular complexity index is 836. The lowest BCUT2D eigenvalue weighted by Crippen LogP contribution is -2.27. The first-order valence-electron chi connectivity index (χ1n) is 8.23. The van der Waals surface area contributed by atoms with Gasteiger partial charge in [-0.3, -0.25) is 9.59 Å². The summed E-state index contributed by atoms with van der Waals surface area (Å²) in [5, 5.41) is 8.69. The highest BCUT2D eigenvalue weighted by molar-refractivity contribution is 6.00. The van der Waals surface area contributed by atoms with Gasteiger partial charge in [-0.1, -0.05) is 6.07 Å². The average molecular weight is 355 g/mol. The Morgan fingerprint density at radius 1 is 1.12 bits per heavy atom. The molecule has 3 rings (SSSR count). The predicted molar refractivity (Wildman–Crippen MR) is 98.7 cm³/mol. The third kappa shape index (κ3) is 4.12. The zero-order valence-electron chi connectivity index (χ0n) is 14.7. The number of ether oxygens (including phenoxy) is 2. The minimum Gasteiger partial charge on any atom is -0.493 e. The largest absolute Gasteiger partial charge is 0.493 e. The average Bonchev–Trinajstić information content (AvgIpc) is 3.00. The first kappa shape index (κ1) is 17.8. The first-order chi connectivity index (χ1) is 12.6. The molecule has 2 aromatic carbocycles. The second kappa shape index (κ2) is 7.88. The van der Waals surface area contributed by atoms with E-state index in [9.17, 15) is 9.59 Å². The quantitative estimate of drug-likeness (QED) is 0.706. The Morgan fingerprint density at radius 2 is 1.92 bits per heavy atom. The van der Waals surface area contributed by atoms with E-state index in [0.29, 0.717) is 30.2 Å². The van der Waals surface area contributed by atoms with Gasteiger partial charge in [0.1, 0.15) is 0 Å². The molecular formula is C19H21N3O4. The number of carbonyl (C=O) groups is 2. The van der Waals surface area contributed by atoms with Crippen LogP contribution in [0.1, 0.15) is 11.1 Å². The molecule has 0 radical (unpaired) electrons. The molecule has 2 aromatic rings. The van der Waals surface area contributed by atoms with E-state index in [0.717, 1.165) is 16.8 Å². The summed E-state index contributed by atoms with van der Waals surface area (Å²) in [4.78, 5) is 23.5. The lowest BCUT2D eigenvalue weighted by atomic mass is 10.1. The number of nitrogens with one attached hydrogen (secondary N) is 3. The molecule has 0 spiro atoms. The number of methoxy groups -OCH3 is 2. The van der Waals surface area contributed by atoms with Gasteiger partial charge in [0.25, 0.3) is 0 Å². The molecule has 0 aliphatic carbocycles. The number of benzene rings is 2. The second-order valence-electron chi connectivity index (χ2n) is 5.94. The van der Waals surface area contributed by atoms with Crippen molar-refractivity contribution in [2.75, 3.05) is 31.4 Å². The monoisotopic (exact) mass is 355 g/mol. The summed E-state index contributed by atoms with van der Waals surface area (Å²) in [5.41, 5.74) is 3.36. The third-order valence-electron chi connectivity index (χ3n) is 4.08. The number of amides is 2. The Labute approximate surface area is 151 Å². The van der Waals surface area contributed by atoms with Crippen molar-refractivity contribution in [2.45, 2.75) is 13.0 Å². The number of fused-ring (bicyclic) bond motifs is 1. The molecule has 3 N–H and O–H groups in total. The summed E-state index contributed by atoms with van der Waals surface area (Å²) in [6.07, 6.45) is 0.344. The smallest absolute Gasteiger partial charge is 0.238 e. The van der Waals surface area contributed by atoms with E-state index in [2.05, 4.69) is 16.0 Å². The van der Waals surface area contributed by atoms with E-state index >= 15 is 0 Å². The second-order valence-corrected chi connectivity index (χ2v) is 5.94.